The molecule has 7 heteroatoms. The van der Waals surface area contributed by atoms with Gasteiger partial charge in [-0.05, 0) is 38.4 Å². The van der Waals surface area contributed by atoms with E-state index < -0.39 is 0 Å². The lowest BCUT2D eigenvalue weighted by Gasteiger charge is -2.18. The number of carbonyl (C=O) groups is 1. The van der Waals surface area contributed by atoms with Crippen LogP contribution in [-0.2, 0) is 0 Å². The van der Waals surface area contributed by atoms with Gasteiger partial charge in [0.05, 0.1) is 6.04 Å². The van der Waals surface area contributed by atoms with Crippen molar-refractivity contribution >= 4 is 11.6 Å². The number of hydrogen-bond acceptors (Lipinski definition) is 6. The van der Waals surface area contributed by atoms with Crippen LogP contribution in [0, 0.1) is 0 Å². The van der Waals surface area contributed by atoms with Gasteiger partial charge in [-0.3, -0.25) is 9.78 Å². The van der Waals surface area contributed by atoms with Crippen molar-refractivity contribution in [1.29, 1.82) is 0 Å². The van der Waals surface area contributed by atoms with Crippen molar-refractivity contribution in [2.24, 2.45) is 0 Å². The van der Waals surface area contributed by atoms with E-state index in [-0.39, 0.29) is 17.8 Å². The summed E-state index contributed by atoms with van der Waals surface area (Å²) >= 11 is 0. The average molecular weight is 287 g/mol. The van der Waals surface area contributed by atoms with Gasteiger partial charge in [0.15, 0.2) is 0 Å². The van der Waals surface area contributed by atoms with Crippen LogP contribution in [0.1, 0.15) is 42.3 Å². The zero-order valence-corrected chi connectivity index (χ0v) is 11.8. The summed E-state index contributed by atoms with van der Waals surface area (Å²) in [6.07, 6.45) is 5.33. The molecule has 7 nitrogen and oxygen atoms in total. The fraction of sp³-hybridized carbons (Fsp3) is 0.429. The van der Waals surface area contributed by atoms with Gasteiger partial charge in [-0.1, -0.05) is 5.16 Å². The third-order valence-electron chi connectivity index (χ3n) is 3.53. The summed E-state index contributed by atoms with van der Waals surface area (Å²) in [5.74, 6) is 0.315. The molecule has 0 aliphatic carbocycles. The van der Waals surface area contributed by atoms with Gasteiger partial charge >= 0.3 is 0 Å². The highest BCUT2D eigenvalue weighted by molar-refractivity contribution is 6.03. The molecule has 0 radical (unpaired) electrons. The Morgan fingerprint density at radius 2 is 2.29 bits per heavy atom. The van der Waals surface area contributed by atoms with Gasteiger partial charge in [-0.2, -0.15) is 4.98 Å². The van der Waals surface area contributed by atoms with Gasteiger partial charge in [0.2, 0.25) is 5.89 Å². The molecular weight excluding hydrogens is 270 g/mol. The van der Waals surface area contributed by atoms with E-state index in [1.165, 1.54) is 0 Å². The number of hydrogen-bond donors (Lipinski definition) is 1. The zero-order chi connectivity index (χ0) is 14.7. The molecule has 1 fully saturated rings. The molecule has 2 aromatic rings. The molecule has 21 heavy (non-hydrogen) atoms. The molecule has 3 rings (SSSR count). The Bertz CT molecular complexity index is 607. The maximum absolute atomic E-state index is 12.5. The van der Waals surface area contributed by atoms with Crippen molar-refractivity contribution in [3.8, 4) is 0 Å². The monoisotopic (exact) mass is 287 g/mol. The van der Waals surface area contributed by atoms with E-state index in [2.05, 4.69) is 20.4 Å². The summed E-state index contributed by atoms with van der Waals surface area (Å²) in [6, 6.07) is 3.62. The number of amides is 1. The van der Waals surface area contributed by atoms with Crippen LogP contribution >= 0.6 is 0 Å². The largest absolute Gasteiger partial charge is 0.337 e. The molecule has 0 saturated carbocycles. The third-order valence-corrected chi connectivity index (χ3v) is 3.53. The molecule has 1 saturated heterocycles. The van der Waals surface area contributed by atoms with Crippen LogP contribution in [0.25, 0.3) is 0 Å². The molecule has 1 aliphatic heterocycles. The van der Waals surface area contributed by atoms with E-state index in [9.17, 15) is 4.79 Å². The maximum atomic E-state index is 12.5. The molecule has 1 atom stereocenters. The van der Waals surface area contributed by atoms with Crippen molar-refractivity contribution in [1.82, 2.24) is 20.4 Å². The molecule has 2 aromatic heterocycles. The first-order valence-electron chi connectivity index (χ1n) is 7.08. The topological polar surface area (TPSA) is 84.2 Å². The first-order valence-corrected chi connectivity index (χ1v) is 7.08. The molecule has 1 amide bonds. The molecule has 1 unspecified atom stereocenters. The number of nitrogens with one attached hydrogen (secondary N) is 1. The molecule has 110 valence electrons. The molecule has 0 aromatic carbocycles. The second-order valence-corrected chi connectivity index (χ2v) is 4.86. The first kappa shape index (κ1) is 13.7. The summed E-state index contributed by atoms with van der Waals surface area (Å²) in [5, 5.41) is 7.09. The smallest absolute Gasteiger partial charge is 0.299 e. The number of pyridine rings is 1. The SMILES string of the molecule is CCN(C(=O)c1noc(C2CCCN2)n1)c1ccncc1. The molecule has 0 bridgehead atoms. The normalized spacial score (nSPS) is 17.9. The Morgan fingerprint density at radius 3 is 2.95 bits per heavy atom. The number of nitrogens with zero attached hydrogens (tertiary/aromatic N) is 4. The number of carbonyl (C=O) groups excluding carboxylic acids is 1. The minimum atomic E-state index is -0.267. The molecule has 3 heterocycles. The van der Waals surface area contributed by atoms with Crippen LogP contribution < -0.4 is 10.2 Å². The van der Waals surface area contributed by atoms with E-state index in [0.29, 0.717) is 12.4 Å². The Balaban J connectivity index is 1.80. The van der Waals surface area contributed by atoms with Crippen LogP contribution in [0.2, 0.25) is 0 Å². The molecule has 1 N–H and O–H groups in total. The Kier molecular flexibility index (Phi) is 3.92. The molecule has 0 spiro atoms. The second-order valence-electron chi connectivity index (χ2n) is 4.86. The fourth-order valence-electron chi connectivity index (χ4n) is 2.45. The highest BCUT2D eigenvalue weighted by atomic mass is 16.5. The van der Waals surface area contributed by atoms with E-state index in [4.69, 9.17) is 4.52 Å². The second kappa shape index (κ2) is 6.01. The Morgan fingerprint density at radius 1 is 1.48 bits per heavy atom. The summed E-state index contributed by atoms with van der Waals surface area (Å²) < 4.78 is 5.22. The minimum Gasteiger partial charge on any atom is -0.337 e. The van der Waals surface area contributed by atoms with Gasteiger partial charge < -0.3 is 14.7 Å². The third kappa shape index (κ3) is 2.78. The van der Waals surface area contributed by atoms with Gasteiger partial charge in [-0.25, -0.2) is 0 Å². The van der Waals surface area contributed by atoms with Gasteiger partial charge in [-0.15, -0.1) is 0 Å². The minimum absolute atomic E-state index is 0.0649. The van der Waals surface area contributed by atoms with Crippen molar-refractivity contribution in [3.63, 3.8) is 0 Å². The maximum Gasteiger partial charge on any atom is 0.299 e. The van der Waals surface area contributed by atoms with Crippen LogP contribution in [0.5, 0.6) is 0 Å². The highest BCUT2D eigenvalue weighted by Gasteiger charge is 2.26. The lowest BCUT2D eigenvalue weighted by Crippen LogP contribution is -2.31. The predicted molar refractivity (Wildman–Crippen MR) is 75.9 cm³/mol. The van der Waals surface area contributed by atoms with Crippen molar-refractivity contribution < 1.29 is 9.32 Å². The van der Waals surface area contributed by atoms with Gasteiger partial charge in [0, 0.05) is 24.6 Å². The summed E-state index contributed by atoms with van der Waals surface area (Å²) in [5.41, 5.74) is 0.767. The lowest BCUT2D eigenvalue weighted by molar-refractivity contribution is 0.0975. The summed E-state index contributed by atoms with van der Waals surface area (Å²) in [4.78, 5) is 22.3. The highest BCUT2D eigenvalue weighted by Crippen LogP contribution is 2.22. The Labute approximate surface area is 122 Å². The summed E-state index contributed by atoms with van der Waals surface area (Å²) in [7, 11) is 0. The van der Waals surface area contributed by atoms with E-state index in [1.54, 1.807) is 29.4 Å². The molecule has 1 aliphatic rings. The van der Waals surface area contributed by atoms with Crippen LogP contribution in [0.3, 0.4) is 0 Å². The average Bonchev–Trinajstić information content (AvgIpc) is 3.20. The predicted octanol–water partition coefficient (Wildman–Crippen LogP) is 1.56. The van der Waals surface area contributed by atoms with Gasteiger partial charge in [0.25, 0.3) is 11.7 Å². The lowest BCUT2D eigenvalue weighted by atomic mass is 10.2. The number of aromatic nitrogens is 3. The number of anilines is 1. The standard InChI is InChI=1S/C14H17N5O2/c1-2-19(10-5-8-15-9-6-10)14(20)12-17-13(21-18-12)11-4-3-7-16-11/h5-6,8-9,11,16H,2-4,7H2,1H3. The molecular formula is C14H17N5O2. The first-order chi connectivity index (χ1) is 10.3. The van der Waals surface area contributed by atoms with E-state index in [0.717, 1.165) is 25.1 Å². The van der Waals surface area contributed by atoms with Crippen LogP contribution in [0.4, 0.5) is 5.69 Å². The van der Waals surface area contributed by atoms with Crippen LogP contribution in [0.15, 0.2) is 29.0 Å². The fourth-order valence-corrected chi connectivity index (χ4v) is 2.45. The van der Waals surface area contributed by atoms with E-state index >= 15 is 0 Å². The van der Waals surface area contributed by atoms with Gasteiger partial charge in [0.1, 0.15) is 0 Å². The zero-order valence-electron chi connectivity index (χ0n) is 11.8. The van der Waals surface area contributed by atoms with Crippen molar-refractivity contribution in [2.75, 3.05) is 18.0 Å². The van der Waals surface area contributed by atoms with Crippen molar-refractivity contribution in [3.05, 3.63) is 36.2 Å². The quantitative estimate of drug-likeness (QED) is 0.918. The summed E-state index contributed by atoms with van der Waals surface area (Å²) in [6.45, 7) is 3.36. The van der Waals surface area contributed by atoms with Crippen molar-refractivity contribution in [2.45, 2.75) is 25.8 Å². The van der Waals surface area contributed by atoms with Crippen LogP contribution in [-0.4, -0.2) is 34.1 Å². The number of rotatable bonds is 4. The van der Waals surface area contributed by atoms with E-state index in [1.807, 2.05) is 6.92 Å². The Hall–Kier alpha value is -2.28.